The van der Waals surface area contributed by atoms with Crippen LogP contribution in [0.2, 0.25) is 0 Å². The summed E-state index contributed by atoms with van der Waals surface area (Å²) in [6.45, 7) is 8.68. The van der Waals surface area contributed by atoms with Crippen LogP contribution in [-0.2, 0) is 0 Å². The van der Waals surface area contributed by atoms with E-state index >= 15 is 0 Å². The van der Waals surface area contributed by atoms with E-state index in [2.05, 4.69) is 13.8 Å². The Balaban J connectivity index is 0.000000206. The lowest BCUT2D eigenvalue weighted by molar-refractivity contribution is 0.612. The van der Waals surface area contributed by atoms with E-state index in [1.54, 1.807) is 0 Å². The van der Waals surface area contributed by atoms with Gasteiger partial charge in [0, 0.05) is 0 Å². The zero-order valence-electron chi connectivity index (χ0n) is 10.8. The molecule has 0 nitrogen and oxygen atoms in total. The fraction of sp³-hybridized carbons (Fsp3) is 1.00. The van der Waals surface area contributed by atoms with Crippen molar-refractivity contribution in [2.24, 2.45) is 11.8 Å². The Hall–Kier alpha value is 0. The highest BCUT2D eigenvalue weighted by atomic mass is 14.1. The Morgan fingerprint density at radius 3 is 0.857 bits per heavy atom. The number of rotatable bonds is 0. The minimum atomic E-state index is 1.05. The zero-order chi connectivity index (χ0) is 10.8. The normalized spacial score (nSPS) is 22.3. The van der Waals surface area contributed by atoms with E-state index in [-0.39, 0.29) is 0 Å². The summed E-state index contributed by atoms with van der Waals surface area (Å²) in [4.78, 5) is 0. The highest BCUT2D eigenvalue weighted by Crippen LogP contribution is 2.23. The predicted octanol–water partition coefficient (Wildman–Crippen LogP) is 5.42. The third-order valence-electron chi connectivity index (χ3n) is 3.29. The molecule has 2 aliphatic rings. The van der Waals surface area contributed by atoms with Crippen molar-refractivity contribution in [1.82, 2.24) is 0 Å². The summed E-state index contributed by atoms with van der Waals surface area (Å²) in [6, 6.07) is 0. The monoisotopic (exact) mass is 198 g/mol. The minimum absolute atomic E-state index is 1.05. The van der Waals surface area contributed by atoms with Gasteiger partial charge in [-0.2, -0.15) is 0 Å². The van der Waals surface area contributed by atoms with Crippen molar-refractivity contribution in [1.29, 1.82) is 0 Å². The van der Waals surface area contributed by atoms with E-state index in [0.29, 0.717) is 0 Å². The molecule has 0 atom stereocenters. The van der Waals surface area contributed by atoms with Gasteiger partial charge in [-0.05, 0) is 11.8 Å². The van der Waals surface area contributed by atoms with Crippen LogP contribution in [0.5, 0.6) is 0 Å². The van der Waals surface area contributed by atoms with Crippen LogP contribution in [0.1, 0.15) is 79.1 Å². The summed E-state index contributed by atoms with van der Waals surface area (Å²) in [5.74, 6) is 2.09. The Labute approximate surface area is 91.5 Å². The van der Waals surface area contributed by atoms with Crippen LogP contribution in [-0.4, -0.2) is 0 Å². The third kappa shape index (κ3) is 7.41. The summed E-state index contributed by atoms with van der Waals surface area (Å²) in [6.07, 6.45) is 11.9. The molecule has 0 aromatic heterocycles. The van der Waals surface area contributed by atoms with Gasteiger partial charge in [0.2, 0.25) is 0 Å². The Bertz CT molecular complexity index is 80.6. The van der Waals surface area contributed by atoms with E-state index in [9.17, 15) is 0 Å². The second-order valence-corrected chi connectivity index (χ2v) is 4.78. The van der Waals surface area contributed by atoms with Crippen LogP contribution in [0.3, 0.4) is 0 Å². The summed E-state index contributed by atoms with van der Waals surface area (Å²) < 4.78 is 0. The van der Waals surface area contributed by atoms with Gasteiger partial charge in [0.25, 0.3) is 0 Å². The topological polar surface area (TPSA) is 0 Å². The van der Waals surface area contributed by atoms with Gasteiger partial charge in [-0.15, -0.1) is 0 Å². The van der Waals surface area contributed by atoms with Crippen LogP contribution in [0.4, 0.5) is 0 Å². The van der Waals surface area contributed by atoms with Crippen LogP contribution in [0.25, 0.3) is 0 Å². The van der Waals surface area contributed by atoms with Crippen LogP contribution < -0.4 is 0 Å². The molecular formula is C14H30. The van der Waals surface area contributed by atoms with Crippen molar-refractivity contribution in [2.45, 2.75) is 79.1 Å². The molecule has 0 heteroatoms. The van der Waals surface area contributed by atoms with E-state index in [1.165, 1.54) is 51.4 Å². The first-order valence-corrected chi connectivity index (χ1v) is 6.79. The quantitative estimate of drug-likeness (QED) is 0.487. The predicted molar refractivity (Wildman–Crippen MR) is 66.6 cm³/mol. The van der Waals surface area contributed by atoms with Gasteiger partial charge in [0.15, 0.2) is 0 Å². The van der Waals surface area contributed by atoms with Gasteiger partial charge in [-0.3, -0.25) is 0 Å². The van der Waals surface area contributed by atoms with Crippen molar-refractivity contribution in [2.75, 3.05) is 0 Å². The molecular weight excluding hydrogens is 168 g/mol. The van der Waals surface area contributed by atoms with Gasteiger partial charge in [-0.25, -0.2) is 0 Å². The Morgan fingerprint density at radius 2 is 0.786 bits per heavy atom. The molecule has 2 saturated carbocycles. The molecule has 0 N–H and O–H groups in total. The second kappa shape index (κ2) is 9.55. The maximum Gasteiger partial charge on any atom is -0.0443 e. The lowest BCUT2D eigenvalue weighted by Gasteiger charge is -1.91. The first-order chi connectivity index (χ1) is 6.79. The minimum Gasteiger partial charge on any atom is -0.0683 e. The fourth-order valence-electron chi connectivity index (χ4n) is 2.26. The highest BCUT2D eigenvalue weighted by molar-refractivity contribution is 4.61. The first kappa shape index (κ1) is 14.0. The summed E-state index contributed by atoms with van der Waals surface area (Å²) in [7, 11) is 0. The van der Waals surface area contributed by atoms with Gasteiger partial charge in [0.05, 0.1) is 0 Å². The Kier molecular flexibility index (Phi) is 9.55. The highest BCUT2D eigenvalue weighted by Gasteiger charge is 2.07. The van der Waals surface area contributed by atoms with Crippen molar-refractivity contribution in [3.63, 3.8) is 0 Å². The third-order valence-corrected chi connectivity index (χ3v) is 3.29. The number of hydrogen-bond acceptors (Lipinski definition) is 0. The SMILES string of the molecule is CC.CC1CCCC1.CC1CCCC1. The lowest BCUT2D eigenvalue weighted by Crippen LogP contribution is -1.78. The summed E-state index contributed by atoms with van der Waals surface area (Å²) in [5, 5.41) is 0. The van der Waals surface area contributed by atoms with Crippen molar-refractivity contribution >= 4 is 0 Å². The van der Waals surface area contributed by atoms with Gasteiger partial charge >= 0.3 is 0 Å². The van der Waals surface area contributed by atoms with Crippen molar-refractivity contribution in [3.05, 3.63) is 0 Å². The van der Waals surface area contributed by atoms with Crippen LogP contribution in [0.15, 0.2) is 0 Å². The molecule has 0 amide bonds. The van der Waals surface area contributed by atoms with E-state index < -0.39 is 0 Å². The molecule has 0 aromatic carbocycles. The molecule has 0 spiro atoms. The molecule has 2 rings (SSSR count). The summed E-state index contributed by atoms with van der Waals surface area (Å²) >= 11 is 0. The standard InChI is InChI=1S/2C6H12.C2H6/c2*1-6-4-2-3-5-6;1-2/h2*6H,2-5H2,1H3;1-2H3. The van der Waals surface area contributed by atoms with E-state index in [1.807, 2.05) is 13.8 Å². The van der Waals surface area contributed by atoms with Crippen LogP contribution in [0, 0.1) is 11.8 Å². The summed E-state index contributed by atoms with van der Waals surface area (Å²) in [5.41, 5.74) is 0. The molecule has 0 saturated heterocycles. The zero-order valence-corrected chi connectivity index (χ0v) is 10.8. The first-order valence-electron chi connectivity index (χ1n) is 6.79. The molecule has 2 fully saturated rings. The maximum atomic E-state index is 2.34. The smallest absolute Gasteiger partial charge is 0.0443 e. The van der Waals surface area contributed by atoms with E-state index in [0.717, 1.165) is 11.8 Å². The fourth-order valence-corrected chi connectivity index (χ4v) is 2.26. The van der Waals surface area contributed by atoms with Crippen molar-refractivity contribution < 1.29 is 0 Å². The molecule has 14 heavy (non-hydrogen) atoms. The number of hydrogen-bond donors (Lipinski definition) is 0. The molecule has 86 valence electrons. The molecule has 0 radical (unpaired) electrons. The largest absolute Gasteiger partial charge is 0.0683 e. The molecule has 0 unspecified atom stereocenters. The Morgan fingerprint density at radius 1 is 0.571 bits per heavy atom. The average molecular weight is 198 g/mol. The second-order valence-electron chi connectivity index (χ2n) is 4.78. The van der Waals surface area contributed by atoms with Crippen LogP contribution >= 0.6 is 0 Å². The molecule has 0 bridgehead atoms. The lowest BCUT2D eigenvalue weighted by atomic mass is 10.2. The maximum absolute atomic E-state index is 2.34. The molecule has 0 heterocycles. The average Bonchev–Trinajstić information content (AvgIpc) is 2.83. The van der Waals surface area contributed by atoms with Gasteiger partial charge in [0.1, 0.15) is 0 Å². The molecule has 0 aromatic rings. The van der Waals surface area contributed by atoms with Gasteiger partial charge < -0.3 is 0 Å². The molecule has 0 aliphatic heterocycles. The molecule has 2 aliphatic carbocycles. The van der Waals surface area contributed by atoms with E-state index in [4.69, 9.17) is 0 Å². The van der Waals surface area contributed by atoms with Crippen molar-refractivity contribution in [3.8, 4) is 0 Å². The van der Waals surface area contributed by atoms with Gasteiger partial charge in [-0.1, -0.05) is 79.1 Å².